The number of H-pyrrole nitrogens is 1. The van der Waals surface area contributed by atoms with Gasteiger partial charge in [0.1, 0.15) is 5.82 Å². The first kappa shape index (κ1) is 19.1. The summed E-state index contributed by atoms with van der Waals surface area (Å²) in [6.45, 7) is 1.96. The van der Waals surface area contributed by atoms with Gasteiger partial charge in [-0.2, -0.15) is 5.10 Å². The van der Waals surface area contributed by atoms with Crippen molar-refractivity contribution in [2.75, 3.05) is 5.32 Å². The summed E-state index contributed by atoms with van der Waals surface area (Å²) in [5.41, 5.74) is 10.0. The molecule has 1 saturated carbocycles. The maximum atomic E-state index is 13.1. The van der Waals surface area contributed by atoms with Gasteiger partial charge in [-0.25, -0.2) is 4.39 Å². The van der Waals surface area contributed by atoms with Crippen molar-refractivity contribution >= 4 is 22.4 Å². The van der Waals surface area contributed by atoms with E-state index in [0.29, 0.717) is 12.5 Å². The number of nitrogens with one attached hydrogen (secondary N) is 2. The largest absolute Gasteiger partial charge is 0.338 e. The van der Waals surface area contributed by atoms with Gasteiger partial charge in [-0.3, -0.25) is 10.1 Å². The summed E-state index contributed by atoms with van der Waals surface area (Å²) in [6.07, 6.45) is 3.17. The molecule has 6 heteroatoms. The number of rotatable bonds is 4. The molecule has 0 unspecified atom stereocenters. The Morgan fingerprint density at radius 1 is 1.10 bits per heavy atom. The number of nitrogens with zero attached hydrogens (tertiary/aromatic N) is 2. The zero-order chi connectivity index (χ0) is 20.2. The van der Waals surface area contributed by atoms with Gasteiger partial charge in [0.05, 0.1) is 11.2 Å². The van der Waals surface area contributed by atoms with E-state index in [9.17, 15) is 4.39 Å². The quantitative estimate of drug-likeness (QED) is 0.466. The van der Waals surface area contributed by atoms with Crippen LogP contribution in [0.4, 0.5) is 15.9 Å². The number of anilines is 2. The second-order valence-corrected chi connectivity index (χ2v) is 7.38. The van der Waals surface area contributed by atoms with Crippen molar-refractivity contribution in [2.24, 2.45) is 5.73 Å². The number of hydrogen-bond donors (Lipinski definition) is 3. The van der Waals surface area contributed by atoms with E-state index in [1.807, 2.05) is 43.3 Å². The minimum atomic E-state index is -0.230. The number of fused-ring (bicyclic) bond motifs is 1. The van der Waals surface area contributed by atoms with Crippen molar-refractivity contribution in [3.63, 3.8) is 0 Å². The molecule has 0 atom stereocenters. The second kappa shape index (κ2) is 8.41. The van der Waals surface area contributed by atoms with Crippen LogP contribution in [0.1, 0.15) is 29.8 Å². The van der Waals surface area contributed by atoms with Gasteiger partial charge in [-0.1, -0.05) is 30.3 Å². The first-order chi connectivity index (χ1) is 14.1. The monoisotopic (exact) mass is 389 g/mol. The lowest BCUT2D eigenvalue weighted by molar-refractivity contribution is 0.627. The molecule has 0 amide bonds. The summed E-state index contributed by atoms with van der Waals surface area (Å²) in [5, 5.41) is 11.6. The summed E-state index contributed by atoms with van der Waals surface area (Å²) in [4.78, 5) is 4.74. The van der Waals surface area contributed by atoms with Crippen molar-refractivity contribution in [3.05, 3.63) is 83.4 Å². The van der Waals surface area contributed by atoms with E-state index in [1.54, 1.807) is 12.1 Å². The van der Waals surface area contributed by atoms with E-state index in [0.717, 1.165) is 39.4 Å². The Morgan fingerprint density at radius 2 is 1.83 bits per heavy atom. The summed E-state index contributed by atoms with van der Waals surface area (Å²) < 4.78 is 13.1. The molecule has 1 aliphatic carbocycles. The van der Waals surface area contributed by atoms with E-state index in [4.69, 9.17) is 10.7 Å². The number of aryl methyl sites for hydroxylation is 1. The molecular formula is C23H24FN5. The van der Waals surface area contributed by atoms with Crippen LogP contribution in [0.3, 0.4) is 0 Å². The highest BCUT2D eigenvalue weighted by Crippen LogP contribution is 2.27. The number of halogens is 1. The van der Waals surface area contributed by atoms with Crippen molar-refractivity contribution in [2.45, 2.75) is 32.2 Å². The van der Waals surface area contributed by atoms with Crippen molar-refractivity contribution in [3.8, 4) is 0 Å². The fraction of sp³-hybridized carbons (Fsp3) is 0.217. The lowest BCUT2D eigenvalue weighted by Crippen LogP contribution is -1.98. The topological polar surface area (TPSA) is 79.6 Å². The summed E-state index contributed by atoms with van der Waals surface area (Å²) in [5.74, 6) is 0.535. The average molecular weight is 389 g/mol. The molecule has 0 bridgehead atoms. The highest BCUT2D eigenvalue weighted by molar-refractivity contribution is 5.93. The predicted octanol–water partition coefficient (Wildman–Crippen LogP) is 4.85. The van der Waals surface area contributed by atoms with Crippen LogP contribution in [-0.4, -0.2) is 21.2 Å². The maximum Gasteiger partial charge on any atom is 0.152 e. The Balaban J connectivity index is 0.000000458. The molecule has 0 spiro atoms. The summed E-state index contributed by atoms with van der Waals surface area (Å²) >= 11 is 0. The molecule has 148 valence electrons. The molecule has 0 radical (unpaired) electrons. The third kappa shape index (κ3) is 5.18. The number of aromatic nitrogens is 3. The normalized spacial score (nSPS) is 13.1. The fourth-order valence-electron chi connectivity index (χ4n) is 2.95. The first-order valence-electron chi connectivity index (χ1n) is 9.74. The third-order valence-electron chi connectivity index (χ3n) is 4.66. The Bertz CT molecular complexity index is 1100. The maximum absolute atomic E-state index is 13.1. The van der Waals surface area contributed by atoms with Crippen LogP contribution in [0.15, 0.2) is 60.7 Å². The Kier molecular flexibility index (Phi) is 5.53. The second-order valence-electron chi connectivity index (χ2n) is 7.38. The van der Waals surface area contributed by atoms with E-state index in [2.05, 4.69) is 15.5 Å². The lowest BCUT2D eigenvalue weighted by atomic mass is 10.1. The van der Waals surface area contributed by atoms with Crippen LogP contribution in [0.2, 0.25) is 0 Å². The van der Waals surface area contributed by atoms with Crippen LogP contribution in [0.25, 0.3) is 10.9 Å². The van der Waals surface area contributed by atoms with Crippen molar-refractivity contribution < 1.29 is 4.39 Å². The first-order valence-corrected chi connectivity index (χ1v) is 9.74. The van der Waals surface area contributed by atoms with Gasteiger partial charge < -0.3 is 11.1 Å². The Morgan fingerprint density at radius 3 is 2.48 bits per heavy atom. The molecule has 2 aromatic heterocycles. The summed E-state index contributed by atoms with van der Waals surface area (Å²) in [7, 11) is 0. The highest BCUT2D eigenvalue weighted by atomic mass is 19.1. The average Bonchev–Trinajstić information content (AvgIpc) is 3.39. The number of hydrogen-bond acceptors (Lipinski definition) is 4. The lowest BCUT2D eigenvalue weighted by Gasteiger charge is -2.10. The molecular weight excluding hydrogens is 365 g/mol. The van der Waals surface area contributed by atoms with Gasteiger partial charge in [0.25, 0.3) is 0 Å². The molecule has 5 rings (SSSR count). The van der Waals surface area contributed by atoms with Gasteiger partial charge in [0, 0.05) is 35.3 Å². The van der Waals surface area contributed by atoms with E-state index >= 15 is 0 Å². The van der Waals surface area contributed by atoms with Gasteiger partial charge in [-0.15, -0.1) is 0 Å². The fourth-order valence-corrected chi connectivity index (χ4v) is 2.95. The number of aromatic amines is 1. The van der Waals surface area contributed by atoms with Crippen LogP contribution >= 0.6 is 0 Å². The standard InChI is InChI=1S/C20H17FN4.C3H7N/c1-13-10-20(25-24-13)23-19-12-16(11-14-6-8-15(21)9-7-14)22-18-5-3-2-4-17(18)19;4-3-1-2-3/h2-10,12H,11H2,1H3,(H2,22,23,24,25);3H,1-2,4H2. The molecule has 2 heterocycles. The highest BCUT2D eigenvalue weighted by Gasteiger charge is 2.13. The SMILES string of the molecule is Cc1cc(Nc2cc(Cc3ccc(F)cc3)nc3ccccc23)n[nH]1.NC1CC1. The summed E-state index contributed by atoms with van der Waals surface area (Å²) in [6, 6.07) is 19.1. The number of benzene rings is 2. The van der Waals surface area contributed by atoms with Gasteiger partial charge in [-0.05, 0) is 49.6 Å². The van der Waals surface area contributed by atoms with Crippen LogP contribution in [0.5, 0.6) is 0 Å². The third-order valence-corrected chi connectivity index (χ3v) is 4.66. The zero-order valence-corrected chi connectivity index (χ0v) is 16.3. The minimum Gasteiger partial charge on any atom is -0.338 e. The van der Waals surface area contributed by atoms with Crippen molar-refractivity contribution in [1.82, 2.24) is 15.2 Å². The molecule has 2 aromatic carbocycles. The Hall–Kier alpha value is -3.25. The number of nitrogens with two attached hydrogens (primary N) is 1. The van der Waals surface area contributed by atoms with Gasteiger partial charge >= 0.3 is 0 Å². The molecule has 5 nitrogen and oxygen atoms in total. The molecule has 1 aliphatic rings. The van der Waals surface area contributed by atoms with Crippen molar-refractivity contribution in [1.29, 1.82) is 0 Å². The van der Waals surface area contributed by atoms with E-state index in [-0.39, 0.29) is 5.82 Å². The minimum absolute atomic E-state index is 0.230. The number of pyridine rings is 1. The zero-order valence-electron chi connectivity index (χ0n) is 16.3. The van der Waals surface area contributed by atoms with Crippen LogP contribution in [0, 0.1) is 12.7 Å². The Labute approximate surface area is 169 Å². The molecule has 4 aromatic rings. The molecule has 1 fully saturated rings. The van der Waals surface area contributed by atoms with Crippen LogP contribution in [-0.2, 0) is 6.42 Å². The van der Waals surface area contributed by atoms with E-state index < -0.39 is 0 Å². The van der Waals surface area contributed by atoms with Gasteiger partial charge in [0.15, 0.2) is 5.82 Å². The molecule has 4 N–H and O–H groups in total. The van der Waals surface area contributed by atoms with Crippen LogP contribution < -0.4 is 11.1 Å². The number of para-hydroxylation sites is 1. The molecule has 29 heavy (non-hydrogen) atoms. The predicted molar refractivity (Wildman–Crippen MR) is 115 cm³/mol. The van der Waals surface area contributed by atoms with Gasteiger partial charge in [0.2, 0.25) is 0 Å². The smallest absolute Gasteiger partial charge is 0.152 e. The molecule has 0 aliphatic heterocycles. The van der Waals surface area contributed by atoms with E-state index in [1.165, 1.54) is 25.0 Å². The molecule has 0 saturated heterocycles.